The number of nitrogens with one attached hydrogen (secondary N) is 1. The van der Waals surface area contributed by atoms with Gasteiger partial charge in [-0.15, -0.1) is 0 Å². The summed E-state index contributed by atoms with van der Waals surface area (Å²) in [6.07, 6.45) is 0.721. The predicted octanol–water partition coefficient (Wildman–Crippen LogP) is 2.46. The van der Waals surface area contributed by atoms with Gasteiger partial charge in [0.25, 0.3) is 0 Å². The molecule has 1 aromatic carbocycles. The van der Waals surface area contributed by atoms with Gasteiger partial charge < -0.3 is 15.2 Å². The highest BCUT2D eigenvalue weighted by Gasteiger charge is 2.37. The second-order valence-corrected chi connectivity index (χ2v) is 7.56. The Morgan fingerprint density at radius 3 is 2.80 bits per heavy atom. The molecule has 0 aliphatic carbocycles. The van der Waals surface area contributed by atoms with Crippen LogP contribution >= 0.6 is 21.6 Å². The number of phenols is 1. The normalized spacial score (nSPS) is 16.9. The summed E-state index contributed by atoms with van der Waals surface area (Å²) in [7, 11) is 5.04. The van der Waals surface area contributed by atoms with Crippen molar-refractivity contribution in [2.75, 3.05) is 25.2 Å². The Labute approximate surface area is 127 Å². The van der Waals surface area contributed by atoms with Crippen LogP contribution in [0.2, 0.25) is 0 Å². The minimum atomic E-state index is -0.248. The molecule has 1 aromatic rings. The van der Waals surface area contributed by atoms with Crippen molar-refractivity contribution >= 4 is 27.5 Å². The fraction of sp³-hybridized carbons (Fsp3) is 0.500. The van der Waals surface area contributed by atoms with Crippen molar-refractivity contribution in [3.63, 3.8) is 0 Å². The van der Waals surface area contributed by atoms with Crippen molar-refractivity contribution in [3.8, 4) is 11.5 Å². The first kappa shape index (κ1) is 15.4. The Morgan fingerprint density at radius 2 is 2.15 bits per heavy atom. The van der Waals surface area contributed by atoms with Crippen LogP contribution in [0.1, 0.15) is 12.5 Å². The number of aromatic hydroxyl groups is 1. The van der Waals surface area contributed by atoms with Crippen molar-refractivity contribution < 1.29 is 14.6 Å². The molecule has 1 fully saturated rings. The molecule has 0 bridgehead atoms. The number of methoxy groups -OCH3 is 1. The molecule has 0 spiro atoms. The molecule has 0 aromatic heterocycles. The van der Waals surface area contributed by atoms with E-state index in [2.05, 4.69) is 5.32 Å². The van der Waals surface area contributed by atoms with Gasteiger partial charge in [0.05, 0.1) is 12.5 Å². The first-order valence-electron chi connectivity index (χ1n) is 6.44. The minimum Gasteiger partial charge on any atom is -0.504 e. The van der Waals surface area contributed by atoms with Gasteiger partial charge in [-0.05, 0) is 31.0 Å². The Hall–Kier alpha value is -1.01. The number of carbonyl (C=O) groups is 1. The SMILES string of the molecule is COc1cc(CCNC(=O)C2(C)CSSC2)ccc1O. The van der Waals surface area contributed by atoms with Crippen LogP contribution in [0.4, 0.5) is 0 Å². The number of ether oxygens (including phenoxy) is 1. The summed E-state index contributed by atoms with van der Waals surface area (Å²) in [6.45, 7) is 2.61. The molecule has 0 atom stereocenters. The smallest absolute Gasteiger partial charge is 0.227 e. The van der Waals surface area contributed by atoms with E-state index in [1.54, 1.807) is 33.7 Å². The number of amides is 1. The van der Waals surface area contributed by atoms with Crippen molar-refractivity contribution in [2.24, 2.45) is 5.41 Å². The van der Waals surface area contributed by atoms with Crippen LogP contribution in [0.25, 0.3) is 0 Å². The minimum absolute atomic E-state index is 0.126. The van der Waals surface area contributed by atoms with Gasteiger partial charge in [0.2, 0.25) is 5.91 Å². The topological polar surface area (TPSA) is 58.6 Å². The summed E-state index contributed by atoms with van der Waals surface area (Å²) in [4.78, 5) is 12.1. The summed E-state index contributed by atoms with van der Waals surface area (Å²) >= 11 is 0. The Bertz CT molecular complexity index is 487. The summed E-state index contributed by atoms with van der Waals surface area (Å²) in [5.74, 6) is 2.46. The van der Waals surface area contributed by atoms with Crippen molar-refractivity contribution in [2.45, 2.75) is 13.3 Å². The lowest BCUT2D eigenvalue weighted by Crippen LogP contribution is -2.41. The van der Waals surface area contributed by atoms with Crippen LogP contribution < -0.4 is 10.1 Å². The molecule has 2 N–H and O–H groups in total. The van der Waals surface area contributed by atoms with Crippen LogP contribution in [0.5, 0.6) is 11.5 Å². The monoisotopic (exact) mass is 313 g/mol. The largest absolute Gasteiger partial charge is 0.504 e. The number of hydrogen-bond donors (Lipinski definition) is 2. The van der Waals surface area contributed by atoms with E-state index in [1.165, 1.54) is 7.11 Å². The third kappa shape index (κ3) is 3.55. The molecule has 0 radical (unpaired) electrons. The zero-order chi connectivity index (χ0) is 14.6. The molecule has 1 aliphatic rings. The molecule has 2 rings (SSSR count). The van der Waals surface area contributed by atoms with Gasteiger partial charge in [-0.1, -0.05) is 27.7 Å². The van der Waals surface area contributed by atoms with Gasteiger partial charge in [0.15, 0.2) is 11.5 Å². The van der Waals surface area contributed by atoms with Crippen LogP contribution in [0.3, 0.4) is 0 Å². The lowest BCUT2D eigenvalue weighted by atomic mass is 9.95. The van der Waals surface area contributed by atoms with Gasteiger partial charge in [-0.3, -0.25) is 4.79 Å². The van der Waals surface area contributed by atoms with E-state index < -0.39 is 0 Å². The number of rotatable bonds is 5. The molecule has 0 saturated carbocycles. The molecule has 1 saturated heterocycles. The zero-order valence-corrected chi connectivity index (χ0v) is 13.3. The molecule has 1 aliphatic heterocycles. The van der Waals surface area contributed by atoms with Crippen molar-refractivity contribution in [3.05, 3.63) is 23.8 Å². The van der Waals surface area contributed by atoms with Gasteiger partial charge in [-0.2, -0.15) is 0 Å². The second-order valence-electron chi connectivity index (χ2n) is 5.10. The molecule has 6 heteroatoms. The fourth-order valence-electron chi connectivity index (χ4n) is 1.93. The van der Waals surface area contributed by atoms with Gasteiger partial charge in [0, 0.05) is 18.1 Å². The average molecular weight is 313 g/mol. The third-order valence-corrected chi connectivity index (χ3v) is 6.21. The van der Waals surface area contributed by atoms with Crippen LogP contribution in [-0.2, 0) is 11.2 Å². The molecule has 4 nitrogen and oxygen atoms in total. The lowest BCUT2D eigenvalue weighted by Gasteiger charge is -2.20. The number of hydrogen-bond acceptors (Lipinski definition) is 5. The summed E-state index contributed by atoms with van der Waals surface area (Å²) in [6, 6.07) is 5.25. The van der Waals surface area contributed by atoms with E-state index in [0.717, 1.165) is 23.5 Å². The van der Waals surface area contributed by atoms with Crippen LogP contribution in [0, 0.1) is 5.41 Å². The van der Waals surface area contributed by atoms with Crippen LogP contribution in [-0.4, -0.2) is 36.2 Å². The van der Waals surface area contributed by atoms with E-state index in [4.69, 9.17) is 4.74 Å². The number of carbonyl (C=O) groups excluding carboxylic acids is 1. The van der Waals surface area contributed by atoms with E-state index >= 15 is 0 Å². The van der Waals surface area contributed by atoms with E-state index in [-0.39, 0.29) is 17.1 Å². The quantitative estimate of drug-likeness (QED) is 0.818. The lowest BCUT2D eigenvalue weighted by molar-refractivity contribution is -0.127. The molecule has 0 unspecified atom stereocenters. The van der Waals surface area contributed by atoms with E-state index in [0.29, 0.717) is 12.3 Å². The van der Waals surface area contributed by atoms with Gasteiger partial charge in [0.1, 0.15) is 0 Å². The second kappa shape index (κ2) is 6.63. The highest BCUT2D eigenvalue weighted by atomic mass is 33.1. The predicted molar refractivity (Wildman–Crippen MR) is 84.4 cm³/mol. The van der Waals surface area contributed by atoms with E-state index in [9.17, 15) is 9.90 Å². The van der Waals surface area contributed by atoms with Crippen molar-refractivity contribution in [1.29, 1.82) is 0 Å². The molecule has 20 heavy (non-hydrogen) atoms. The Morgan fingerprint density at radius 1 is 1.45 bits per heavy atom. The standard InChI is InChI=1S/C14H19NO3S2/c1-14(8-19-20-9-14)13(17)15-6-5-10-3-4-11(16)12(7-10)18-2/h3-4,7,16H,5-6,8-9H2,1-2H3,(H,15,17). The summed E-state index contributed by atoms with van der Waals surface area (Å²) in [5, 5.41) is 12.5. The molecule has 1 amide bonds. The Balaban J connectivity index is 1.85. The number of phenolic OH excluding ortho intramolecular Hbond substituents is 1. The molecular formula is C14H19NO3S2. The number of benzene rings is 1. The third-order valence-electron chi connectivity index (χ3n) is 3.33. The first-order chi connectivity index (χ1) is 9.55. The molecular weight excluding hydrogens is 294 g/mol. The maximum Gasteiger partial charge on any atom is 0.227 e. The van der Waals surface area contributed by atoms with Gasteiger partial charge in [-0.25, -0.2) is 0 Å². The van der Waals surface area contributed by atoms with Crippen molar-refractivity contribution in [1.82, 2.24) is 5.32 Å². The summed E-state index contributed by atoms with van der Waals surface area (Å²) in [5.41, 5.74) is 0.780. The average Bonchev–Trinajstić information content (AvgIpc) is 2.89. The van der Waals surface area contributed by atoms with E-state index in [1.807, 2.05) is 13.0 Å². The first-order valence-corrected chi connectivity index (χ1v) is 8.92. The fourth-order valence-corrected chi connectivity index (χ4v) is 5.27. The summed E-state index contributed by atoms with van der Waals surface area (Å²) < 4.78 is 5.07. The highest BCUT2D eigenvalue weighted by molar-refractivity contribution is 8.77. The van der Waals surface area contributed by atoms with Gasteiger partial charge >= 0.3 is 0 Å². The maximum atomic E-state index is 12.1. The zero-order valence-electron chi connectivity index (χ0n) is 11.6. The molecule has 110 valence electrons. The Kier molecular flexibility index (Phi) is 5.10. The molecule has 1 heterocycles. The van der Waals surface area contributed by atoms with Crippen LogP contribution in [0.15, 0.2) is 18.2 Å². The highest BCUT2D eigenvalue weighted by Crippen LogP contribution is 2.42. The maximum absolute atomic E-state index is 12.1.